The first-order valence-corrected chi connectivity index (χ1v) is 4.27. The van der Waals surface area contributed by atoms with E-state index in [0.717, 1.165) is 5.56 Å². The van der Waals surface area contributed by atoms with E-state index in [2.05, 4.69) is 22.5 Å². The summed E-state index contributed by atoms with van der Waals surface area (Å²) >= 11 is 3.18. The Bertz CT molecular complexity index is 283. The molecule has 1 rings (SSSR count). The van der Waals surface area contributed by atoms with Crippen molar-refractivity contribution in [3.05, 3.63) is 46.7 Å². The van der Waals surface area contributed by atoms with Crippen molar-refractivity contribution < 1.29 is 4.39 Å². The van der Waals surface area contributed by atoms with E-state index in [0.29, 0.717) is 4.47 Å². The highest BCUT2D eigenvalue weighted by molar-refractivity contribution is 9.10. The van der Waals surface area contributed by atoms with Gasteiger partial charge in [0.2, 0.25) is 0 Å². The lowest BCUT2D eigenvalue weighted by Crippen LogP contribution is -2.06. The number of hydrogen-bond donors (Lipinski definition) is 1. The number of rotatable bonds is 2. The lowest BCUT2D eigenvalue weighted by atomic mass is 10.1. The second-order valence-electron chi connectivity index (χ2n) is 2.46. The van der Waals surface area contributed by atoms with Crippen LogP contribution in [-0.2, 0) is 0 Å². The molecule has 1 atom stereocenters. The summed E-state index contributed by atoms with van der Waals surface area (Å²) in [5.74, 6) is -0.295. The van der Waals surface area contributed by atoms with Gasteiger partial charge in [-0.1, -0.05) is 22.0 Å². The van der Waals surface area contributed by atoms with Crippen LogP contribution in [0.4, 0.5) is 4.39 Å². The predicted molar refractivity (Wildman–Crippen MR) is 58.5 cm³/mol. The van der Waals surface area contributed by atoms with E-state index in [1.54, 1.807) is 12.1 Å². The van der Waals surface area contributed by atoms with Gasteiger partial charge < -0.3 is 5.73 Å². The zero-order valence-electron chi connectivity index (χ0n) is 6.84. The third-order valence-electron chi connectivity index (χ3n) is 1.52. The Morgan fingerprint density at radius 3 is 2.54 bits per heavy atom. The first-order chi connectivity index (χ1) is 5.63. The molecule has 0 aromatic heterocycles. The molecule has 1 nitrogen and oxygen atoms in total. The van der Waals surface area contributed by atoms with Gasteiger partial charge >= 0.3 is 0 Å². The SMILES string of the molecule is C=C[C@H](N)c1cc(F)cc(Br)c1.Cl. The van der Waals surface area contributed by atoms with Gasteiger partial charge in [0.15, 0.2) is 0 Å². The number of benzene rings is 1. The first kappa shape index (κ1) is 12.6. The lowest BCUT2D eigenvalue weighted by Gasteiger charge is -2.06. The van der Waals surface area contributed by atoms with Gasteiger partial charge in [0, 0.05) is 10.5 Å². The van der Waals surface area contributed by atoms with Crippen LogP contribution in [0.25, 0.3) is 0 Å². The molecule has 0 saturated heterocycles. The van der Waals surface area contributed by atoms with Crippen LogP contribution in [0.2, 0.25) is 0 Å². The highest BCUT2D eigenvalue weighted by Crippen LogP contribution is 2.19. The molecule has 0 heterocycles. The molecule has 0 unspecified atom stereocenters. The number of hydrogen-bond acceptors (Lipinski definition) is 1. The normalized spacial score (nSPS) is 11.6. The summed E-state index contributed by atoms with van der Waals surface area (Å²) in [5, 5.41) is 0. The molecule has 0 radical (unpaired) electrons. The fourth-order valence-electron chi connectivity index (χ4n) is 0.904. The Morgan fingerprint density at radius 1 is 1.46 bits per heavy atom. The van der Waals surface area contributed by atoms with Crippen molar-refractivity contribution in [3.63, 3.8) is 0 Å². The van der Waals surface area contributed by atoms with Crippen LogP contribution in [0.3, 0.4) is 0 Å². The second kappa shape index (κ2) is 5.37. The van der Waals surface area contributed by atoms with Gasteiger partial charge in [-0.3, -0.25) is 0 Å². The summed E-state index contributed by atoms with van der Waals surface area (Å²) in [6, 6.07) is 4.25. The topological polar surface area (TPSA) is 26.0 Å². The van der Waals surface area contributed by atoms with Crippen molar-refractivity contribution in [2.75, 3.05) is 0 Å². The van der Waals surface area contributed by atoms with Crippen LogP contribution in [0.5, 0.6) is 0 Å². The molecule has 1 aromatic rings. The van der Waals surface area contributed by atoms with Crippen LogP contribution in [-0.4, -0.2) is 0 Å². The maximum Gasteiger partial charge on any atom is 0.124 e. The predicted octanol–water partition coefficient (Wildman–Crippen LogP) is 3.20. The average Bonchev–Trinajstić information content (AvgIpc) is 2.01. The minimum absolute atomic E-state index is 0. The summed E-state index contributed by atoms with van der Waals surface area (Å²) in [6.07, 6.45) is 1.57. The Kier molecular flexibility index (Phi) is 5.21. The third kappa shape index (κ3) is 3.46. The molecule has 4 heteroatoms. The maximum atomic E-state index is 12.8. The number of nitrogens with two attached hydrogens (primary N) is 1. The van der Waals surface area contributed by atoms with Gasteiger partial charge in [0.1, 0.15) is 5.82 Å². The Hall–Kier alpha value is -0.380. The maximum absolute atomic E-state index is 12.8. The lowest BCUT2D eigenvalue weighted by molar-refractivity contribution is 0.623. The van der Waals surface area contributed by atoms with E-state index < -0.39 is 0 Å². The molecule has 1 aromatic carbocycles. The van der Waals surface area contributed by atoms with E-state index in [1.807, 2.05) is 0 Å². The van der Waals surface area contributed by atoms with Crippen LogP contribution >= 0.6 is 28.3 Å². The molecular formula is C9H10BrClFN. The summed E-state index contributed by atoms with van der Waals surface area (Å²) in [5.41, 5.74) is 6.35. The number of halogens is 3. The average molecular weight is 267 g/mol. The zero-order chi connectivity index (χ0) is 9.14. The van der Waals surface area contributed by atoms with Crippen LogP contribution in [0.1, 0.15) is 11.6 Å². The van der Waals surface area contributed by atoms with Gasteiger partial charge in [-0.25, -0.2) is 4.39 Å². The van der Waals surface area contributed by atoms with Crippen molar-refractivity contribution >= 4 is 28.3 Å². The van der Waals surface area contributed by atoms with Gasteiger partial charge in [-0.2, -0.15) is 0 Å². The van der Waals surface area contributed by atoms with Gasteiger partial charge in [0.05, 0.1) is 0 Å². The van der Waals surface area contributed by atoms with Crippen LogP contribution < -0.4 is 5.73 Å². The molecule has 13 heavy (non-hydrogen) atoms. The van der Waals surface area contributed by atoms with E-state index in [9.17, 15) is 4.39 Å². The van der Waals surface area contributed by atoms with E-state index in [-0.39, 0.29) is 24.3 Å². The second-order valence-corrected chi connectivity index (χ2v) is 3.38. The van der Waals surface area contributed by atoms with Gasteiger partial charge in [-0.15, -0.1) is 19.0 Å². The van der Waals surface area contributed by atoms with Crippen molar-refractivity contribution in [3.8, 4) is 0 Å². The third-order valence-corrected chi connectivity index (χ3v) is 1.98. The molecule has 72 valence electrons. The van der Waals surface area contributed by atoms with Crippen molar-refractivity contribution in [1.29, 1.82) is 0 Å². The Morgan fingerprint density at radius 2 is 2.08 bits per heavy atom. The first-order valence-electron chi connectivity index (χ1n) is 3.47. The van der Waals surface area contributed by atoms with Crippen LogP contribution in [0, 0.1) is 5.82 Å². The highest BCUT2D eigenvalue weighted by atomic mass is 79.9. The van der Waals surface area contributed by atoms with Crippen molar-refractivity contribution in [1.82, 2.24) is 0 Å². The summed E-state index contributed by atoms with van der Waals surface area (Å²) in [6.45, 7) is 3.53. The summed E-state index contributed by atoms with van der Waals surface area (Å²) in [7, 11) is 0. The quantitative estimate of drug-likeness (QED) is 0.818. The smallest absolute Gasteiger partial charge is 0.124 e. The standard InChI is InChI=1S/C9H9BrFN.ClH/c1-2-9(12)6-3-7(10)5-8(11)4-6;/h2-5,9H,1,12H2;1H/t9-;/m0./s1. The Labute approximate surface area is 91.4 Å². The molecule has 0 aliphatic rings. The van der Waals surface area contributed by atoms with Crippen molar-refractivity contribution in [2.24, 2.45) is 5.73 Å². The van der Waals surface area contributed by atoms with E-state index >= 15 is 0 Å². The molecular weight excluding hydrogens is 256 g/mol. The van der Waals surface area contributed by atoms with E-state index in [4.69, 9.17) is 5.73 Å². The highest BCUT2D eigenvalue weighted by Gasteiger charge is 2.03. The molecule has 0 spiro atoms. The molecule has 0 saturated carbocycles. The van der Waals surface area contributed by atoms with Crippen molar-refractivity contribution in [2.45, 2.75) is 6.04 Å². The van der Waals surface area contributed by atoms with Gasteiger partial charge in [-0.05, 0) is 23.8 Å². The van der Waals surface area contributed by atoms with Gasteiger partial charge in [0.25, 0.3) is 0 Å². The monoisotopic (exact) mass is 265 g/mol. The largest absolute Gasteiger partial charge is 0.321 e. The fourth-order valence-corrected chi connectivity index (χ4v) is 1.39. The molecule has 0 bridgehead atoms. The fraction of sp³-hybridized carbons (Fsp3) is 0.111. The molecule has 0 aliphatic carbocycles. The Balaban J connectivity index is 0.00000144. The molecule has 0 aliphatic heterocycles. The summed E-state index contributed by atoms with van der Waals surface area (Å²) < 4.78 is 13.5. The minimum atomic E-state index is -0.308. The molecule has 0 fully saturated rings. The zero-order valence-corrected chi connectivity index (χ0v) is 9.24. The minimum Gasteiger partial charge on any atom is -0.321 e. The molecule has 0 amide bonds. The summed E-state index contributed by atoms with van der Waals surface area (Å²) in [4.78, 5) is 0. The molecule has 2 N–H and O–H groups in total. The van der Waals surface area contributed by atoms with Crippen LogP contribution in [0.15, 0.2) is 35.3 Å². The van der Waals surface area contributed by atoms with E-state index in [1.165, 1.54) is 12.1 Å².